The van der Waals surface area contributed by atoms with Crippen LogP contribution in [0.2, 0.25) is 0 Å². The van der Waals surface area contributed by atoms with Crippen molar-refractivity contribution in [1.29, 1.82) is 0 Å². The lowest BCUT2D eigenvalue weighted by Gasteiger charge is -2.08. The Morgan fingerprint density at radius 3 is 2.79 bits per heavy atom. The van der Waals surface area contributed by atoms with Crippen molar-refractivity contribution in [2.45, 2.75) is 0 Å². The van der Waals surface area contributed by atoms with Crippen LogP contribution in [-0.4, -0.2) is 9.91 Å². The van der Waals surface area contributed by atoms with Crippen molar-refractivity contribution in [3.05, 3.63) is 50.7 Å². The van der Waals surface area contributed by atoms with Gasteiger partial charge in [0.15, 0.2) is 0 Å². The minimum Gasteiger partial charge on any atom is -0.384 e. The van der Waals surface area contributed by atoms with Crippen LogP contribution in [-0.2, 0) is 0 Å². The Hall–Kier alpha value is -2.22. The molecule has 0 aliphatic heterocycles. The normalized spacial score (nSPS) is 10.2. The molecule has 19 heavy (non-hydrogen) atoms. The van der Waals surface area contributed by atoms with Crippen LogP contribution in [0.25, 0.3) is 0 Å². The van der Waals surface area contributed by atoms with E-state index < -0.39 is 10.7 Å². The molecule has 0 saturated heterocycles. The van der Waals surface area contributed by atoms with Gasteiger partial charge in [-0.3, -0.25) is 10.1 Å². The maximum atomic E-state index is 13.6. The molecule has 0 bridgehead atoms. The summed E-state index contributed by atoms with van der Waals surface area (Å²) in [5, 5.41) is 13.4. The maximum Gasteiger partial charge on any atom is 0.311 e. The fourth-order valence-electron chi connectivity index (χ4n) is 1.43. The van der Waals surface area contributed by atoms with E-state index >= 15 is 0 Å². The lowest BCUT2D eigenvalue weighted by molar-refractivity contribution is -0.384. The summed E-state index contributed by atoms with van der Waals surface area (Å²) in [6.07, 6.45) is 0. The van der Waals surface area contributed by atoms with E-state index in [0.29, 0.717) is 4.47 Å². The van der Waals surface area contributed by atoms with E-state index in [9.17, 15) is 14.5 Å². The zero-order valence-electron chi connectivity index (χ0n) is 9.43. The summed E-state index contributed by atoms with van der Waals surface area (Å²) in [6, 6.07) is 6.71. The first kappa shape index (κ1) is 13.2. The number of nitro groups is 1. The van der Waals surface area contributed by atoms with Crippen LogP contribution >= 0.6 is 15.9 Å². The topological polar surface area (TPSA) is 94.1 Å². The van der Waals surface area contributed by atoms with Crippen molar-refractivity contribution in [1.82, 2.24) is 4.98 Å². The van der Waals surface area contributed by atoms with E-state index in [-0.39, 0.29) is 23.0 Å². The average Bonchev–Trinajstić information content (AvgIpc) is 2.33. The largest absolute Gasteiger partial charge is 0.384 e. The van der Waals surface area contributed by atoms with Gasteiger partial charge in [-0.15, -0.1) is 0 Å². The molecule has 1 aromatic heterocycles. The number of nitrogens with zero attached hydrogens (tertiary/aromatic N) is 2. The Morgan fingerprint density at radius 1 is 1.37 bits per heavy atom. The number of anilines is 3. The van der Waals surface area contributed by atoms with Gasteiger partial charge in [-0.1, -0.05) is 15.9 Å². The van der Waals surface area contributed by atoms with Gasteiger partial charge < -0.3 is 11.1 Å². The third-order valence-corrected chi connectivity index (χ3v) is 2.77. The van der Waals surface area contributed by atoms with Gasteiger partial charge in [-0.05, 0) is 24.3 Å². The van der Waals surface area contributed by atoms with Crippen molar-refractivity contribution >= 4 is 38.9 Å². The molecule has 0 radical (unpaired) electrons. The van der Waals surface area contributed by atoms with Crippen molar-refractivity contribution in [3.8, 4) is 0 Å². The van der Waals surface area contributed by atoms with Gasteiger partial charge in [0.2, 0.25) is 5.82 Å². The summed E-state index contributed by atoms with van der Waals surface area (Å²) in [6.45, 7) is 0. The standard InChI is InChI=1S/C11H8BrFN4O2/c12-6-1-2-7(13)8(5-6)15-11-9(17(18)19)3-4-10(14)16-11/h1-5H,(H3,14,15,16). The van der Waals surface area contributed by atoms with Crippen molar-refractivity contribution in [2.75, 3.05) is 11.1 Å². The Kier molecular flexibility index (Phi) is 3.61. The van der Waals surface area contributed by atoms with Crippen LogP contribution in [0.15, 0.2) is 34.8 Å². The maximum absolute atomic E-state index is 13.6. The number of benzene rings is 1. The van der Waals surface area contributed by atoms with Crippen LogP contribution in [0.1, 0.15) is 0 Å². The molecular formula is C11H8BrFN4O2. The number of nitrogen functional groups attached to an aromatic ring is 1. The molecule has 1 heterocycles. The summed E-state index contributed by atoms with van der Waals surface area (Å²) in [4.78, 5) is 14.0. The number of nitrogens with one attached hydrogen (secondary N) is 1. The molecule has 3 N–H and O–H groups in total. The Labute approximate surface area is 115 Å². The molecule has 6 nitrogen and oxygen atoms in total. The quantitative estimate of drug-likeness (QED) is 0.667. The molecule has 0 spiro atoms. The highest BCUT2D eigenvalue weighted by Gasteiger charge is 2.17. The summed E-state index contributed by atoms with van der Waals surface area (Å²) in [5.41, 5.74) is 5.25. The predicted octanol–water partition coefficient (Wildman–Crippen LogP) is 3.22. The molecule has 8 heteroatoms. The lowest BCUT2D eigenvalue weighted by Crippen LogP contribution is -2.03. The minimum absolute atomic E-state index is 0.0653. The highest BCUT2D eigenvalue weighted by molar-refractivity contribution is 9.10. The smallest absolute Gasteiger partial charge is 0.311 e. The van der Waals surface area contributed by atoms with E-state index in [1.54, 1.807) is 0 Å². The Bertz CT molecular complexity index is 651. The van der Waals surface area contributed by atoms with Crippen LogP contribution in [0.3, 0.4) is 0 Å². The summed E-state index contributed by atoms with van der Waals surface area (Å²) >= 11 is 3.19. The van der Waals surface area contributed by atoms with Crippen LogP contribution in [0.5, 0.6) is 0 Å². The van der Waals surface area contributed by atoms with Gasteiger partial charge in [-0.2, -0.15) is 0 Å². The third kappa shape index (κ3) is 2.97. The van der Waals surface area contributed by atoms with E-state index in [0.717, 1.165) is 0 Å². The van der Waals surface area contributed by atoms with Crippen molar-refractivity contribution < 1.29 is 9.31 Å². The molecule has 1 aromatic carbocycles. The van der Waals surface area contributed by atoms with Gasteiger partial charge in [0.1, 0.15) is 11.6 Å². The van der Waals surface area contributed by atoms with Gasteiger partial charge in [0.05, 0.1) is 10.6 Å². The van der Waals surface area contributed by atoms with Crippen LogP contribution in [0, 0.1) is 15.9 Å². The molecule has 0 aliphatic rings. The number of nitrogens with two attached hydrogens (primary N) is 1. The molecule has 2 rings (SSSR count). The van der Waals surface area contributed by atoms with Crippen molar-refractivity contribution in [3.63, 3.8) is 0 Å². The van der Waals surface area contributed by atoms with Crippen LogP contribution in [0.4, 0.5) is 27.4 Å². The van der Waals surface area contributed by atoms with Crippen LogP contribution < -0.4 is 11.1 Å². The van der Waals surface area contributed by atoms with E-state index in [2.05, 4.69) is 26.2 Å². The molecule has 2 aromatic rings. The third-order valence-electron chi connectivity index (χ3n) is 2.27. The van der Waals surface area contributed by atoms with Gasteiger partial charge in [0.25, 0.3) is 0 Å². The number of pyridine rings is 1. The Morgan fingerprint density at radius 2 is 2.11 bits per heavy atom. The average molecular weight is 327 g/mol. The van der Waals surface area contributed by atoms with Gasteiger partial charge in [0, 0.05) is 10.5 Å². The summed E-state index contributed by atoms with van der Waals surface area (Å²) < 4.78 is 14.2. The first-order chi connectivity index (χ1) is 8.97. The number of rotatable bonds is 3. The SMILES string of the molecule is Nc1ccc([N+](=O)[O-])c(Nc2cc(Br)ccc2F)n1. The fraction of sp³-hybridized carbons (Fsp3) is 0. The molecule has 0 saturated carbocycles. The Balaban J connectivity index is 2.45. The summed E-state index contributed by atoms with van der Waals surface area (Å²) in [7, 11) is 0. The van der Waals surface area contributed by atoms with Gasteiger partial charge in [-0.25, -0.2) is 9.37 Å². The minimum atomic E-state index is -0.620. The number of halogens is 2. The highest BCUT2D eigenvalue weighted by atomic mass is 79.9. The molecule has 0 atom stereocenters. The monoisotopic (exact) mass is 326 g/mol. The second-order valence-electron chi connectivity index (χ2n) is 3.61. The highest BCUT2D eigenvalue weighted by Crippen LogP contribution is 2.29. The molecule has 0 unspecified atom stereocenters. The number of aromatic nitrogens is 1. The van der Waals surface area contributed by atoms with E-state index in [1.165, 1.54) is 30.3 Å². The predicted molar refractivity (Wildman–Crippen MR) is 72.7 cm³/mol. The molecular weight excluding hydrogens is 319 g/mol. The van der Waals surface area contributed by atoms with Gasteiger partial charge >= 0.3 is 5.69 Å². The fourth-order valence-corrected chi connectivity index (χ4v) is 1.79. The molecule has 0 fully saturated rings. The number of hydrogen-bond acceptors (Lipinski definition) is 5. The lowest BCUT2D eigenvalue weighted by atomic mass is 10.3. The second-order valence-corrected chi connectivity index (χ2v) is 4.53. The van der Waals surface area contributed by atoms with Crippen molar-refractivity contribution in [2.24, 2.45) is 0 Å². The molecule has 98 valence electrons. The first-order valence-electron chi connectivity index (χ1n) is 5.10. The number of hydrogen-bond donors (Lipinski definition) is 2. The zero-order valence-corrected chi connectivity index (χ0v) is 11.0. The molecule has 0 amide bonds. The second kappa shape index (κ2) is 5.19. The first-order valence-corrected chi connectivity index (χ1v) is 5.89. The molecule has 0 aliphatic carbocycles. The zero-order chi connectivity index (χ0) is 14.0. The summed E-state index contributed by atoms with van der Waals surface area (Å²) in [5.74, 6) is -0.563. The van der Waals surface area contributed by atoms with E-state index in [1.807, 2.05) is 0 Å². The van der Waals surface area contributed by atoms with E-state index in [4.69, 9.17) is 5.73 Å².